The lowest BCUT2D eigenvalue weighted by atomic mass is 10.1. The number of pyridine rings is 1. The van der Waals surface area contributed by atoms with Gasteiger partial charge in [-0.2, -0.15) is 0 Å². The molecule has 0 saturated carbocycles. The van der Waals surface area contributed by atoms with Crippen molar-refractivity contribution >= 4 is 16.6 Å². The van der Waals surface area contributed by atoms with Gasteiger partial charge >= 0.3 is 0 Å². The van der Waals surface area contributed by atoms with Crippen LogP contribution < -0.4 is 15.0 Å². The van der Waals surface area contributed by atoms with E-state index in [1.165, 1.54) is 27.8 Å². The smallest absolute Gasteiger partial charge is 0.297 e. The van der Waals surface area contributed by atoms with Crippen LogP contribution in [0.5, 0.6) is 11.5 Å². The van der Waals surface area contributed by atoms with E-state index in [0.29, 0.717) is 16.7 Å². The Morgan fingerprint density at radius 3 is 2.25 bits per heavy atom. The van der Waals surface area contributed by atoms with Gasteiger partial charge in [0.1, 0.15) is 13.2 Å². The second-order valence-electron chi connectivity index (χ2n) is 8.26. The first-order chi connectivity index (χ1) is 15.1. The number of nitro groups is 1. The maximum absolute atomic E-state index is 13.0. The van der Waals surface area contributed by atoms with E-state index < -0.39 is 10.5 Å². The fourth-order valence-corrected chi connectivity index (χ4v) is 3.10. The van der Waals surface area contributed by atoms with Crippen molar-refractivity contribution in [3.8, 4) is 11.5 Å². The summed E-state index contributed by atoms with van der Waals surface area (Å²) in [5, 5.41) is 11.8. The van der Waals surface area contributed by atoms with Crippen molar-refractivity contribution in [2.45, 2.75) is 47.5 Å². The molecule has 2 aromatic rings. The van der Waals surface area contributed by atoms with Crippen LogP contribution in [0.4, 0.5) is 5.69 Å². The number of nitrogens with zero attached hydrogens (tertiary/aromatic N) is 2. The van der Waals surface area contributed by atoms with Crippen molar-refractivity contribution in [2.75, 3.05) is 13.2 Å². The highest BCUT2D eigenvalue weighted by Crippen LogP contribution is 2.34. The van der Waals surface area contributed by atoms with Gasteiger partial charge in [-0.3, -0.25) is 14.9 Å². The minimum absolute atomic E-state index is 0.0914. The highest BCUT2D eigenvalue weighted by atomic mass is 16.6. The Hall–Kier alpha value is -3.35. The normalized spacial score (nSPS) is 11.2. The SMILES string of the molecule is CC(C)=CCC/C(C)=C/COc1c(OCC=C(C)C)c2ccc([N+](=O)[O-])cc2n(C)c1=O. The zero-order valence-electron chi connectivity index (χ0n) is 19.7. The number of benzene rings is 1. The molecule has 7 nitrogen and oxygen atoms in total. The van der Waals surface area contributed by atoms with Gasteiger partial charge in [-0.1, -0.05) is 22.8 Å². The van der Waals surface area contributed by atoms with E-state index in [1.807, 2.05) is 32.9 Å². The molecule has 0 aliphatic rings. The number of non-ortho nitro benzene ring substituents is 1. The van der Waals surface area contributed by atoms with Gasteiger partial charge in [-0.25, -0.2) is 0 Å². The number of allylic oxidation sites excluding steroid dienone is 4. The molecule has 0 aliphatic carbocycles. The van der Waals surface area contributed by atoms with Crippen molar-refractivity contribution in [3.05, 3.63) is 73.6 Å². The Bertz CT molecular complexity index is 1130. The molecule has 0 spiro atoms. The summed E-state index contributed by atoms with van der Waals surface area (Å²) in [6.07, 6.45) is 7.91. The van der Waals surface area contributed by atoms with Crippen molar-refractivity contribution in [2.24, 2.45) is 7.05 Å². The molecular weight excluding hydrogens is 408 g/mol. The van der Waals surface area contributed by atoms with Crippen molar-refractivity contribution < 1.29 is 14.4 Å². The van der Waals surface area contributed by atoms with E-state index in [9.17, 15) is 14.9 Å². The molecule has 1 aromatic carbocycles. The molecule has 7 heteroatoms. The molecule has 32 heavy (non-hydrogen) atoms. The summed E-state index contributed by atoms with van der Waals surface area (Å²) < 4.78 is 13.2. The molecule has 0 saturated heterocycles. The highest BCUT2D eigenvalue weighted by molar-refractivity contribution is 5.89. The van der Waals surface area contributed by atoms with Gasteiger partial charge < -0.3 is 14.0 Å². The molecule has 0 N–H and O–H groups in total. The first-order valence-corrected chi connectivity index (χ1v) is 10.6. The van der Waals surface area contributed by atoms with Crippen LogP contribution in [-0.4, -0.2) is 22.7 Å². The Labute approximate surface area is 188 Å². The van der Waals surface area contributed by atoms with Crippen LogP contribution in [0.15, 0.2) is 57.9 Å². The van der Waals surface area contributed by atoms with Crippen molar-refractivity contribution in [1.82, 2.24) is 4.57 Å². The number of hydrogen-bond donors (Lipinski definition) is 0. The van der Waals surface area contributed by atoms with Crippen LogP contribution in [0.25, 0.3) is 10.9 Å². The predicted octanol–water partition coefficient (Wildman–Crippen LogP) is 5.86. The predicted molar refractivity (Wildman–Crippen MR) is 129 cm³/mol. The number of nitro benzene ring substituents is 1. The van der Waals surface area contributed by atoms with Crippen molar-refractivity contribution in [1.29, 1.82) is 0 Å². The maximum Gasteiger partial charge on any atom is 0.297 e. The number of ether oxygens (including phenoxy) is 2. The Morgan fingerprint density at radius 1 is 1.00 bits per heavy atom. The lowest BCUT2D eigenvalue weighted by molar-refractivity contribution is -0.384. The fraction of sp³-hybridized carbons (Fsp3) is 0.400. The number of aryl methyl sites for hydroxylation is 1. The lowest BCUT2D eigenvalue weighted by Gasteiger charge is -2.16. The average molecular weight is 441 g/mol. The summed E-state index contributed by atoms with van der Waals surface area (Å²) in [7, 11) is 1.57. The summed E-state index contributed by atoms with van der Waals surface area (Å²) in [5.74, 6) is 0.399. The van der Waals surface area contributed by atoms with E-state index >= 15 is 0 Å². The van der Waals surface area contributed by atoms with Crippen molar-refractivity contribution in [3.63, 3.8) is 0 Å². The van der Waals surface area contributed by atoms with Gasteiger partial charge in [0.25, 0.3) is 11.2 Å². The molecule has 1 heterocycles. The summed E-state index contributed by atoms with van der Waals surface area (Å²) in [6, 6.07) is 4.37. The van der Waals surface area contributed by atoms with Crippen LogP contribution in [0, 0.1) is 10.1 Å². The van der Waals surface area contributed by atoms with Gasteiger partial charge in [0.05, 0.1) is 10.4 Å². The zero-order valence-corrected chi connectivity index (χ0v) is 19.7. The quantitative estimate of drug-likeness (QED) is 0.262. The second-order valence-corrected chi connectivity index (χ2v) is 8.26. The Morgan fingerprint density at radius 2 is 1.62 bits per heavy atom. The first kappa shape index (κ1) is 24.9. The molecule has 0 aliphatic heterocycles. The molecule has 0 amide bonds. The molecule has 2 rings (SSSR count). The molecule has 0 fully saturated rings. The third kappa shape index (κ3) is 6.57. The Kier molecular flexibility index (Phi) is 8.81. The minimum atomic E-state index is -0.485. The van der Waals surface area contributed by atoms with Gasteiger partial charge in [0, 0.05) is 24.6 Å². The summed E-state index contributed by atoms with van der Waals surface area (Å²) in [6.45, 7) is 10.6. The maximum atomic E-state index is 13.0. The molecule has 172 valence electrons. The van der Waals surface area contributed by atoms with Gasteiger partial charge in [0.15, 0.2) is 5.75 Å². The number of fused-ring (bicyclic) bond motifs is 1. The number of aromatic nitrogens is 1. The lowest BCUT2D eigenvalue weighted by Crippen LogP contribution is -2.21. The van der Waals surface area contributed by atoms with Crippen LogP contribution in [-0.2, 0) is 7.05 Å². The van der Waals surface area contributed by atoms with Gasteiger partial charge in [-0.05, 0) is 65.7 Å². The molecule has 0 radical (unpaired) electrons. The third-order valence-electron chi connectivity index (χ3n) is 4.97. The molecule has 0 unspecified atom stereocenters. The standard InChI is InChI=1S/C25H32N2O5/c1-17(2)8-7-9-19(5)13-15-32-24-23(31-14-12-18(3)4)21-11-10-20(27(29)30)16-22(21)26(6)25(24)28/h8,10-13,16H,7,9,14-15H2,1-6H3/b19-13+. The van der Waals surface area contributed by atoms with Gasteiger partial charge in [-0.15, -0.1) is 0 Å². The zero-order chi connectivity index (χ0) is 23.8. The highest BCUT2D eigenvalue weighted by Gasteiger charge is 2.20. The van der Waals surface area contributed by atoms with Gasteiger partial charge in [0.2, 0.25) is 5.75 Å². The van der Waals surface area contributed by atoms with Crippen LogP contribution in [0.1, 0.15) is 47.5 Å². The summed E-state index contributed by atoms with van der Waals surface area (Å²) >= 11 is 0. The Balaban J connectivity index is 2.43. The first-order valence-electron chi connectivity index (χ1n) is 10.6. The van der Waals surface area contributed by atoms with Crippen LogP contribution in [0.2, 0.25) is 0 Å². The largest absolute Gasteiger partial charge is 0.485 e. The number of rotatable bonds is 10. The number of hydrogen-bond acceptors (Lipinski definition) is 5. The van der Waals surface area contributed by atoms with Crippen LogP contribution in [0.3, 0.4) is 0 Å². The third-order valence-corrected chi connectivity index (χ3v) is 4.97. The summed E-state index contributed by atoms with van der Waals surface area (Å²) in [5.41, 5.74) is 3.45. The van der Waals surface area contributed by atoms with E-state index in [-0.39, 0.29) is 24.7 Å². The monoisotopic (exact) mass is 440 g/mol. The van der Waals surface area contributed by atoms with E-state index in [4.69, 9.17) is 9.47 Å². The second kappa shape index (κ2) is 11.3. The topological polar surface area (TPSA) is 83.6 Å². The molecule has 0 bridgehead atoms. The summed E-state index contributed by atoms with van der Waals surface area (Å²) in [4.78, 5) is 23.8. The molecule has 0 atom stereocenters. The fourth-order valence-electron chi connectivity index (χ4n) is 3.10. The van der Waals surface area contributed by atoms with E-state index in [0.717, 1.165) is 18.4 Å². The minimum Gasteiger partial charge on any atom is -0.485 e. The molecule has 1 aromatic heterocycles. The average Bonchev–Trinajstić information content (AvgIpc) is 2.72. The van der Waals surface area contributed by atoms with E-state index in [2.05, 4.69) is 19.9 Å². The van der Waals surface area contributed by atoms with E-state index in [1.54, 1.807) is 13.1 Å². The molecular formula is C25H32N2O5. The van der Waals surface area contributed by atoms with Crippen LogP contribution >= 0.6 is 0 Å².